The highest BCUT2D eigenvalue weighted by Crippen LogP contribution is 2.22. The third kappa shape index (κ3) is 2.42. The summed E-state index contributed by atoms with van der Waals surface area (Å²) in [4.78, 5) is 26.6. The van der Waals surface area contributed by atoms with Crippen LogP contribution in [0.15, 0.2) is 24.3 Å². The highest BCUT2D eigenvalue weighted by molar-refractivity contribution is 7.20. The molecule has 1 amide bonds. The van der Waals surface area contributed by atoms with Crippen LogP contribution in [0.3, 0.4) is 0 Å². The maximum absolute atomic E-state index is 11.9. The highest BCUT2D eigenvalue weighted by atomic mass is 32.1. The van der Waals surface area contributed by atoms with Gasteiger partial charge in [0, 0.05) is 0 Å². The summed E-state index contributed by atoms with van der Waals surface area (Å²) in [6.45, 7) is 1.47. The third-order valence-corrected chi connectivity index (χ3v) is 3.22. The molecule has 0 saturated heterocycles. The molecule has 0 aliphatic carbocycles. The van der Waals surface area contributed by atoms with Crippen molar-refractivity contribution in [3.63, 3.8) is 0 Å². The van der Waals surface area contributed by atoms with Crippen molar-refractivity contribution in [2.24, 2.45) is 5.73 Å². The number of aromatic nitrogens is 1. The van der Waals surface area contributed by atoms with Gasteiger partial charge in [0.15, 0.2) is 11.1 Å². The molecule has 0 radical (unpaired) electrons. The minimum atomic E-state index is -0.966. The molecule has 1 aromatic heterocycles. The predicted molar refractivity (Wildman–Crippen MR) is 64.1 cm³/mol. The van der Waals surface area contributed by atoms with Gasteiger partial charge in [0.05, 0.1) is 10.2 Å². The number of carbonyl (C=O) groups excluding carboxylic acids is 2. The molecule has 1 aromatic carbocycles. The summed E-state index contributed by atoms with van der Waals surface area (Å²) in [5.74, 6) is -0.343. The van der Waals surface area contributed by atoms with Crippen molar-refractivity contribution in [1.29, 1.82) is 0 Å². The average molecular weight is 250 g/mol. The molecule has 0 bridgehead atoms. The van der Waals surface area contributed by atoms with Gasteiger partial charge in [0.25, 0.3) is 0 Å². The molecule has 0 saturated carbocycles. The van der Waals surface area contributed by atoms with E-state index in [1.165, 1.54) is 18.3 Å². The number of carbonyl (C=O) groups is 2. The fourth-order valence-corrected chi connectivity index (χ4v) is 2.36. The first-order valence-electron chi connectivity index (χ1n) is 4.94. The normalized spacial score (nSPS) is 12.3. The van der Waals surface area contributed by atoms with Crippen molar-refractivity contribution >= 4 is 33.4 Å². The summed E-state index contributed by atoms with van der Waals surface area (Å²) in [5, 5.41) is 0.319. The van der Waals surface area contributed by atoms with Gasteiger partial charge in [-0.1, -0.05) is 12.1 Å². The molecular weight excluding hydrogens is 240 g/mol. The van der Waals surface area contributed by atoms with E-state index in [0.717, 1.165) is 10.2 Å². The number of fused-ring (bicyclic) bond motifs is 1. The molecule has 17 heavy (non-hydrogen) atoms. The first-order valence-corrected chi connectivity index (χ1v) is 5.75. The van der Waals surface area contributed by atoms with E-state index < -0.39 is 12.2 Å². The molecule has 2 N–H and O–H groups in total. The van der Waals surface area contributed by atoms with Crippen LogP contribution in [-0.4, -0.2) is 23.0 Å². The van der Waals surface area contributed by atoms with Crippen molar-refractivity contribution in [3.8, 4) is 0 Å². The van der Waals surface area contributed by atoms with E-state index in [1.807, 2.05) is 24.3 Å². The number of benzene rings is 1. The van der Waals surface area contributed by atoms with Crippen LogP contribution >= 0.6 is 11.3 Å². The molecule has 6 heteroatoms. The molecule has 5 nitrogen and oxygen atoms in total. The zero-order valence-electron chi connectivity index (χ0n) is 9.04. The molecule has 0 fully saturated rings. The highest BCUT2D eigenvalue weighted by Gasteiger charge is 2.21. The number of primary amides is 1. The summed E-state index contributed by atoms with van der Waals surface area (Å²) in [6, 6.07) is 7.42. The number of amides is 1. The Hall–Kier alpha value is -1.95. The monoisotopic (exact) mass is 250 g/mol. The number of para-hydroxylation sites is 1. The molecular formula is C11H10N2O3S. The van der Waals surface area contributed by atoms with Crippen LogP contribution in [0.1, 0.15) is 16.7 Å². The van der Waals surface area contributed by atoms with Crippen molar-refractivity contribution in [2.45, 2.75) is 13.0 Å². The Bertz CT molecular complexity index is 546. The zero-order chi connectivity index (χ0) is 12.4. The van der Waals surface area contributed by atoms with Crippen molar-refractivity contribution in [2.75, 3.05) is 0 Å². The SMILES string of the molecule is CC(OC(N)=O)C(=O)c1nc2ccccc2s1. The van der Waals surface area contributed by atoms with Crippen LogP contribution in [-0.2, 0) is 4.74 Å². The van der Waals surface area contributed by atoms with E-state index in [1.54, 1.807) is 0 Å². The Morgan fingerprint density at radius 3 is 2.76 bits per heavy atom. The molecule has 1 atom stereocenters. The summed E-state index contributed by atoms with van der Waals surface area (Å²) < 4.78 is 5.54. The number of nitrogens with two attached hydrogens (primary N) is 1. The van der Waals surface area contributed by atoms with Gasteiger partial charge in [-0.05, 0) is 19.1 Å². The summed E-state index contributed by atoms with van der Waals surface area (Å²) in [7, 11) is 0. The summed E-state index contributed by atoms with van der Waals surface area (Å²) in [5.41, 5.74) is 5.61. The lowest BCUT2D eigenvalue weighted by Crippen LogP contribution is -2.27. The standard InChI is InChI=1S/C11H10N2O3S/c1-6(16-11(12)15)9(14)10-13-7-4-2-3-5-8(7)17-10/h2-6H,1H3,(H2,12,15). The van der Waals surface area contributed by atoms with E-state index in [4.69, 9.17) is 5.73 Å². The number of Topliss-reactive ketones (excluding diaryl/α,β-unsaturated/α-hetero) is 1. The van der Waals surface area contributed by atoms with Crippen molar-refractivity contribution in [1.82, 2.24) is 4.98 Å². The molecule has 0 aliphatic rings. The van der Waals surface area contributed by atoms with Crippen molar-refractivity contribution in [3.05, 3.63) is 29.3 Å². The van der Waals surface area contributed by atoms with Crippen LogP contribution in [0.25, 0.3) is 10.2 Å². The fraction of sp³-hybridized carbons (Fsp3) is 0.182. The molecule has 88 valence electrons. The molecule has 2 rings (SSSR count). The van der Waals surface area contributed by atoms with Gasteiger partial charge in [-0.2, -0.15) is 0 Å². The minimum Gasteiger partial charge on any atom is -0.438 e. The molecule has 1 heterocycles. The quantitative estimate of drug-likeness (QED) is 0.844. The Balaban J connectivity index is 2.27. The molecule has 0 spiro atoms. The lowest BCUT2D eigenvalue weighted by molar-refractivity contribution is 0.0695. The number of thiazole rings is 1. The van der Waals surface area contributed by atoms with Gasteiger partial charge in [-0.25, -0.2) is 9.78 Å². The molecule has 1 unspecified atom stereocenters. The first-order chi connectivity index (χ1) is 8.08. The Morgan fingerprint density at radius 1 is 1.41 bits per heavy atom. The summed E-state index contributed by atoms with van der Waals surface area (Å²) in [6.07, 6.45) is -1.87. The van der Waals surface area contributed by atoms with Crippen LogP contribution in [0.2, 0.25) is 0 Å². The number of hydrogen-bond acceptors (Lipinski definition) is 5. The maximum Gasteiger partial charge on any atom is 0.405 e. The number of rotatable bonds is 3. The minimum absolute atomic E-state index is 0.319. The molecule has 2 aromatic rings. The number of ketones is 1. The van der Waals surface area contributed by atoms with E-state index >= 15 is 0 Å². The number of hydrogen-bond donors (Lipinski definition) is 1. The lowest BCUT2D eigenvalue weighted by atomic mass is 10.2. The smallest absolute Gasteiger partial charge is 0.405 e. The largest absolute Gasteiger partial charge is 0.438 e. The Labute approximate surface area is 101 Å². The Morgan fingerprint density at radius 2 is 2.12 bits per heavy atom. The van der Waals surface area contributed by atoms with Gasteiger partial charge in [0.1, 0.15) is 0 Å². The van der Waals surface area contributed by atoms with Gasteiger partial charge in [-0.3, -0.25) is 4.79 Å². The Kier molecular flexibility index (Phi) is 3.06. The van der Waals surface area contributed by atoms with Gasteiger partial charge in [-0.15, -0.1) is 11.3 Å². The van der Waals surface area contributed by atoms with E-state index in [0.29, 0.717) is 5.01 Å². The number of ether oxygens (including phenoxy) is 1. The van der Waals surface area contributed by atoms with E-state index in [9.17, 15) is 9.59 Å². The average Bonchev–Trinajstić information content (AvgIpc) is 2.70. The van der Waals surface area contributed by atoms with Crippen LogP contribution < -0.4 is 5.73 Å². The van der Waals surface area contributed by atoms with Crippen LogP contribution in [0.5, 0.6) is 0 Å². The predicted octanol–water partition coefficient (Wildman–Crippen LogP) is 1.96. The topological polar surface area (TPSA) is 82.3 Å². The van der Waals surface area contributed by atoms with Crippen LogP contribution in [0, 0.1) is 0 Å². The lowest BCUT2D eigenvalue weighted by Gasteiger charge is -2.07. The summed E-state index contributed by atoms with van der Waals surface area (Å²) >= 11 is 1.27. The maximum atomic E-state index is 11.9. The van der Waals surface area contributed by atoms with Crippen molar-refractivity contribution < 1.29 is 14.3 Å². The van der Waals surface area contributed by atoms with E-state index in [-0.39, 0.29) is 5.78 Å². The second-order valence-electron chi connectivity index (χ2n) is 3.43. The first kappa shape index (κ1) is 11.5. The molecule has 0 aliphatic heterocycles. The fourth-order valence-electron chi connectivity index (χ4n) is 1.38. The zero-order valence-corrected chi connectivity index (χ0v) is 9.86. The van der Waals surface area contributed by atoms with Gasteiger partial charge >= 0.3 is 6.09 Å². The van der Waals surface area contributed by atoms with E-state index in [2.05, 4.69) is 9.72 Å². The van der Waals surface area contributed by atoms with Crippen LogP contribution in [0.4, 0.5) is 4.79 Å². The second kappa shape index (κ2) is 4.50. The third-order valence-electron chi connectivity index (χ3n) is 2.17. The van der Waals surface area contributed by atoms with Gasteiger partial charge < -0.3 is 10.5 Å². The van der Waals surface area contributed by atoms with Gasteiger partial charge in [0.2, 0.25) is 5.78 Å². The number of nitrogens with zero attached hydrogens (tertiary/aromatic N) is 1. The second-order valence-corrected chi connectivity index (χ2v) is 4.46.